The first-order chi connectivity index (χ1) is 8.79. The maximum absolute atomic E-state index is 3.45. The first-order valence-electron chi connectivity index (χ1n) is 7.32. The number of aryl methyl sites for hydroxylation is 1. The van der Waals surface area contributed by atoms with Gasteiger partial charge in [-0.25, -0.2) is 0 Å². The summed E-state index contributed by atoms with van der Waals surface area (Å²) in [6, 6.07) is 8.91. The molecule has 0 aliphatic carbocycles. The van der Waals surface area contributed by atoms with Gasteiger partial charge in [0.05, 0.1) is 0 Å². The number of nitrogens with zero attached hydrogens (tertiary/aromatic N) is 1. The Hall–Kier alpha value is -1.02. The van der Waals surface area contributed by atoms with Crippen molar-refractivity contribution in [2.45, 2.75) is 33.1 Å². The Morgan fingerprint density at radius 3 is 2.67 bits per heavy atom. The molecule has 1 unspecified atom stereocenters. The number of benzene rings is 1. The lowest BCUT2D eigenvalue weighted by Gasteiger charge is -2.24. The van der Waals surface area contributed by atoms with Gasteiger partial charge >= 0.3 is 0 Å². The van der Waals surface area contributed by atoms with Crippen LogP contribution in [0.2, 0.25) is 0 Å². The molecule has 2 heteroatoms. The summed E-state index contributed by atoms with van der Waals surface area (Å²) in [5.41, 5.74) is 2.71. The van der Waals surface area contributed by atoms with Crippen LogP contribution in [0.4, 0.5) is 5.69 Å². The molecule has 1 aliphatic heterocycles. The summed E-state index contributed by atoms with van der Waals surface area (Å²) in [6.07, 6.45) is 4.06. The minimum atomic E-state index is 0.918. The van der Waals surface area contributed by atoms with Gasteiger partial charge in [-0.1, -0.05) is 17.7 Å². The molecule has 2 nitrogen and oxygen atoms in total. The third-order valence-electron chi connectivity index (χ3n) is 3.98. The van der Waals surface area contributed by atoms with E-state index in [0.29, 0.717) is 0 Å². The summed E-state index contributed by atoms with van der Waals surface area (Å²) in [5, 5.41) is 3.45. The lowest BCUT2D eigenvalue weighted by Crippen LogP contribution is -2.24. The van der Waals surface area contributed by atoms with Crippen molar-refractivity contribution in [3.05, 3.63) is 29.8 Å². The zero-order chi connectivity index (χ0) is 12.8. The third kappa shape index (κ3) is 3.74. The Morgan fingerprint density at radius 2 is 2.06 bits per heavy atom. The number of anilines is 1. The normalized spacial score (nSPS) is 19.1. The molecule has 0 saturated carbocycles. The summed E-state index contributed by atoms with van der Waals surface area (Å²) >= 11 is 0. The van der Waals surface area contributed by atoms with Crippen LogP contribution in [0.25, 0.3) is 0 Å². The van der Waals surface area contributed by atoms with Crippen LogP contribution in [0.5, 0.6) is 0 Å². The van der Waals surface area contributed by atoms with Crippen molar-refractivity contribution in [2.75, 3.05) is 31.1 Å². The van der Waals surface area contributed by atoms with Crippen molar-refractivity contribution in [1.82, 2.24) is 5.32 Å². The Morgan fingerprint density at radius 1 is 1.28 bits per heavy atom. The molecule has 1 aliphatic rings. The zero-order valence-electron chi connectivity index (χ0n) is 11.8. The Bertz CT molecular complexity index is 339. The number of hydrogen-bond donors (Lipinski definition) is 1. The molecular formula is C16H26N2. The van der Waals surface area contributed by atoms with E-state index in [4.69, 9.17) is 0 Å². The Labute approximate surface area is 111 Å². The molecule has 1 atom stereocenters. The maximum atomic E-state index is 3.45. The fourth-order valence-electron chi connectivity index (χ4n) is 2.76. The van der Waals surface area contributed by atoms with E-state index in [-0.39, 0.29) is 0 Å². The average Bonchev–Trinajstić information content (AvgIpc) is 2.89. The molecule has 1 N–H and O–H groups in total. The van der Waals surface area contributed by atoms with Crippen LogP contribution in [0.3, 0.4) is 0 Å². The predicted molar refractivity (Wildman–Crippen MR) is 79.3 cm³/mol. The van der Waals surface area contributed by atoms with Gasteiger partial charge in [0, 0.05) is 18.8 Å². The molecule has 1 aromatic rings. The van der Waals surface area contributed by atoms with E-state index in [9.17, 15) is 0 Å². The largest absolute Gasteiger partial charge is 0.372 e. The van der Waals surface area contributed by atoms with Gasteiger partial charge in [-0.15, -0.1) is 0 Å². The summed E-state index contributed by atoms with van der Waals surface area (Å²) < 4.78 is 0. The Kier molecular flexibility index (Phi) is 5.06. The molecule has 2 rings (SSSR count). The molecule has 100 valence electrons. The first kappa shape index (κ1) is 13.4. The fraction of sp³-hybridized carbons (Fsp3) is 0.625. The summed E-state index contributed by atoms with van der Waals surface area (Å²) in [4.78, 5) is 2.49. The van der Waals surface area contributed by atoms with Crippen LogP contribution in [-0.2, 0) is 0 Å². The number of nitrogens with one attached hydrogen (secondary N) is 1. The van der Waals surface area contributed by atoms with Crippen molar-refractivity contribution in [3.63, 3.8) is 0 Å². The van der Waals surface area contributed by atoms with Crippen LogP contribution in [-0.4, -0.2) is 26.2 Å². The second-order valence-electron chi connectivity index (χ2n) is 5.42. The SMILES string of the molecule is CCN(CCCC1CCNC1)c1ccc(C)cc1. The molecule has 0 radical (unpaired) electrons. The highest BCUT2D eigenvalue weighted by Crippen LogP contribution is 2.18. The molecular weight excluding hydrogens is 220 g/mol. The van der Waals surface area contributed by atoms with E-state index in [1.807, 2.05) is 0 Å². The van der Waals surface area contributed by atoms with Gasteiger partial charge in [0.1, 0.15) is 0 Å². The summed E-state index contributed by atoms with van der Waals surface area (Å²) in [6.45, 7) is 9.14. The molecule has 0 aromatic heterocycles. The molecule has 18 heavy (non-hydrogen) atoms. The molecule has 1 aromatic carbocycles. The van der Waals surface area contributed by atoms with E-state index in [1.165, 1.54) is 50.1 Å². The van der Waals surface area contributed by atoms with Crippen LogP contribution >= 0.6 is 0 Å². The van der Waals surface area contributed by atoms with E-state index in [1.54, 1.807) is 0 Å². The van der Waals surface area contributed by atoms with Crippen molar-refractivity contribution in [2.24, 2.45) is 5.92 Å². The van der Waals surface area contributed by atoms with E-state index >= 15 is 0 Å². The van der Waals surface area contributed by atoms with Crippen LogP contribution in [0.15, 0.2) is 24.3 Å². The summed E-state index contributed by atoms with van der Waals surface area (Å²) in [7, 11) is 0. The van der Waals surface area contributed by atoms with Crippen molar-refractivity contribution < 1.29 is 0 Å². The van der Waals surface area contributed by atoms with Crippen molar-refractivity contribution in [1.29, 1.82) is 0 Å². The molecule has 1 fully saturated rings. The minimum Gasteiger partial charge on any atom is -0.372 e. The monoisotopic (exact) mass is 246 g/mol. The molecule has 0 bridgehead atoms. The molecule has 0 spiro atoms. The number of hydrogen-bond acceptors (Lipinski definition) is 2. The molecule has 0 amide bonds. The van der Waals surface area contributed by atoms with Gasteiger partial charge in [-0.05, 0) is 64.3 Å². The second-order valence-corrected chi connectivity index (χ2v) is 5.42. The number of rotatable bonds is 6. The van der Waals surface area contributed by atoms with Crippen molar-refractivity contribution in [3.8, 4) is 0 Å². The minimum absolute atomic E-state index is 0.918. The van der Waals surface area contributed by atoms with Gasteiger partial charge in [-0.3, -0.25) is 0 Å². The van der Waals surface area contributed by atoms with Crippen LogP contribution in [0, 0.1) is 12.8 Å². The van der Waals surface area contributed by atoms with Gasteiger partial charge < -0.3 is 10.2 Å². The molecule has 1 heterocycles. The van der Waals surface area contributed by atoms with E-state index in [0.717, 1.165) is 12.5 Å². The van der Waals surface area contributed by atoms with Gasteiger partial charge in [0.15, 0.2) is 0 Å². The highest BCUT2D eigenvalue weighted by Gasteiger charge is 2.14. The second kappa shape index (κ2) is 6.79. The zero-order valence-corrected chi connectivity index (χ0v) is 11.8. The topological polar surface area (TPSA) is 15.3 Å². The highest BCUT2D eigenvalue weighted by molar-refractivity contribution is 5.47. The van der Waals surface area contributed by atoms with Crippen LogP contribution in [0.1, 0.15) is 31.7 Å². The lowest BCUT2D eigenvalue weighted by molar-refractivity contribution is 0.508. The predicted octanol–water partition coefficient (Wildman–Crippen LogP) is 3.21. The average molecular weight is 246 g/mol. The quantitative estimate of drug-likeness (QED) is 0.829. The van der Waals surface area contributed by atoms with Crippen LogP contribution < -0.4 is 10.2 Å². The standard InChI is InChI=1S/C16H26N2/c1-3-18(16-8-6-14(2)7-9-16)12-4-5-15-10-11-17-13-15/h6-9,15,17H,3-5,10-13H2,1-2H3. The van der Waals surface area contributed by atoms with E-state index < -0.39 is 0 Å². The van der Waals surface area contributed by atoms with Gasteiger partial charge in [0.25, 0.3) is 0 Å². The third-order valence-corrected chi connectivity index (χ3v) is 3.98. The smallest absolute Gasteiger partial charge is 0.0366 e. The maximum Gasteiger partial charge on any atom is 0.0366 e. The molecule has 1 saturated heterocycles. The first-order valence-corrected chi connectivity index (χ1v) is 7.32. The van der Waals surface area contributed by atoms with Gasteiger partial charge in [-0.2, -0.15) is 0 Å². The van der Waals surface area contributed by atoms with Gasteiger partial charge in [0.2, 0.25) is 0 Å². The highest BCUT2D eigenvalue weighted by atomic mass is 15.1. The van der Waals surface area contributed by atoms with E-state index in [2.05, 4.69) is 48.3 Å². The summed E-state index contributed by atoms with van der Waals surface area (Å²) in [5.74, 6) is 0.918. The van der Waals surface area contributed by atoms with Crippen molar-refractivity contribution >= 4 is 5.69 Å². The fourth-order valence-corrected chi connectivity index (χ4v) is 2.76. The Balaban J connectivity index is 1.79. The lowest BCUT2D eigenvalue weighted by atomic mass is 10.0.